The maximum absolute atomic E-state index is 12.9. The van der Waals surface area contributed by atoms with Crippen LogP contribution in [0.15, 0.2) is 47.6 Å². The Bertz CT molecular complexity index is 1200. The first kappa shape index (κ1) is 22.6. The van der Waals surface area contributed by atoms with Crippen molar-refractivity contribution in [2.45, 2.75) is 30.8 Å². The molecule has 3 aromatic rings. The molecule has 0 unspecified atom stereocenters. The van der Waals surface area contributed by atoms with E-state index in [9.17, 15) is 14.9 Å². The van der Waals surface area contributed by atoms with Gasteiger partial charge in [0.1, 0.15) is 0 Å². The van der Waals surface area contributed by atoms with Crippen molar-refractivity contribution in [3.8, 4) is 11.5 Å². The summed E-state index contributed by atoms with van der Waals surface area (Å²) in [5, 5.41) is 23.5. The van der Waals surface area contributed by atoms with Crippen LogP contribution in [-0.2, 0) is 12.8 Å². The SMILES string of the molecule is CC(C)[C@H](NC(=O)c1ccc2c(c1)OCO2)c1nnc(SCc2ccccc2[N+](=O)[O-])n1C. The highest BCUT2D eigenvalue weighted by atomic mass is 32.2. The zero-order valence-corrected chi connectivity index (χ0v) is 19.2. The van der Waals surface area contributed by atoms with Gasteiger partial charge in [-0.1, -0.05) is 43.8 Å². The van der Waals surface area contributed by atoms with Gasteiger partial charge in [-0.15, -0.1) is 10.2 Å². The van der Waals surface area contributed by atoms with Crippen LogP contribution in [0.5, 0.6) is 11.5 Å². The molecule has 1 atom stereocenters. The molecule has 0 saturated heterocycles. The lowest BCUT2D eigenvalue weighted by Crippen LogP contribution is -2.33. The molecule has 11 heteroatoms. The van der Waals surface area contributed by atoms with Crippen molar-refractivity contribution >= 4 is 23.4 Å². The molecule has 4 rings (SSSR count). The van der Waals surface area contributed by atoms with Crippen LogP contribution < -0.4 is 14.8 Å². The summed E-state index contributed by atoms with van der Waals surface area (Å²) in [4.78, 5) is 23.8. The smallest absolute Gasteiger partial charge is 0.273 e. The summed E-state index contributed by atoms with van der Waals surface area (Å²) in [6, 6.07) is 11.3. The molecule has 1 aromatic heterocycles. The van der Waals surface area contributed by atoms with Crippen LogP contribution in [0.3, 0.4) is 0 Å². The molecule has 1 aliphatic heterocycles. The van der Waals surface area contributed by atoms with E-state index < -0.39 is 4.92 Å². The molecule has 10 nitrogen and oxygen atoms in total. The van der Waals surface area contributed by atoms with Crippen molar-refractivity contribution in [2.75, 3.05) is 6.79 Å². The van der Waals surface area contributed by atoms with Crippen molar-refractivity contribution in [1.82, 2.24) is 20.1 Å². The number of carbonyl (C=O) groups is 1. The van der Waals surface area contributed by atoms with E-state index in [1.54, 1.807) is 36.4 Å². The van der Waals surface area contributed by atoms with Gasteiger partial charge in [-0.05, 0) is 24.1 Å². The number of nitro benzene ring substituents is 1. The molecule has 0 radical (unpaired) electrons. The second kappa shape index (κ2) is 9.49. The fourth-order valence-electron chi connectivity index (χ4n) is 3.47. The molecule has 0 bridgehead atoms. The van der Waals surface area contributed by atoms with E-state index in [0.717, 1.165) is 0 Å². The number of thioether (sulfide) groups is 1. The number of carbonyl (C=O) groups excluding carboxylic acids is 1. The van der Waals surface area contributed by atoms with Crippen molar-refractivity contribution in [1.29, 1.82) is 0 Å². The van der Waals surface area contributed by atoms with Crippen LogP contribution in [0.1, 0.15) is 41.6 Å². The molecule has 0 fully saturated rings. The van der Waals surface area contributed by atoms with E-state index in [1.807, 2.05) is 25.5 Å². The summed E-state index contributed by atoms with van der Waals surface area (Å²) in [7, 11) is 1.82. The molecule has 1 aliphatic rings. The van der Waals surface area contributed by atoms with E-state index >= 15 is 0 Å². The van der Waals surface area contributed by atoms with Crippen molar-refractivity contribution < 1.29 is 19.2 Å². The monoisotopic (exact) mass is 469 g/mol. The molecule has 0 spiro atoms. The van der Waals surface area contributed by atoms with Gasteiger partial charge in [0.2, 0.25) is 6.79 Å². The number of aromatic nitrogens is 3. The Hall–Kier alpha value is -3.60. The topological polar surface area (TPSA) is 121 Å². The number of benzene rings is 2. The molecule has 1 N–H and O–H groups in total. The molecular formula is C22H23N5O5S. The van der Waals surface area contributed by atoms with E-state index in [1.165, 1.54) is 17.8 Å². The first-order chi connectivity index (χ1) is 15.8. The predicted octanol–water partition coefficient (Wildman–Crippen LogP) is 3.87. The largest absolute Gasteiger partial charge is 0.454 e. The molecule has 0 aliphatic carbocycles. The van der Waals surface area contributed by atoms with Crippen molar-refractivity contribution in [3.63, 3.8) is 0 Å². The number of rotatable bonds is 8. The minimum Gasteiger partial charge on any atom is -0.454 e. The third-order valence-corrected chi connectivity index (χ3v) is 6.35. The van der Waals surface area contributed by atoms with Crippen LogP contribution >= 0.6 is 11.8 Å². The Morgan fingerprint density at radius 2 is 1.97 bits per heavy atom. The van der Waals surface area contributed by atoms with Crippen LogP contribution in [-0.4, -0.2) is 32.4 Å². The van der Waals surface area contributed by atoms with Crippen molar-refractivity contribution in [2.24, 2.45) is 13.0 Å². The summed E-state index contributed by atoms with van der Waals surface area (Å²) in [5.74, 6) is 1.91. The van der Waals surface area contributed by atoms with Crippen LogP contribution in [0.25, 0.3) is 0 Å². The highest BCUT2D eigenvalue weighted by Crippen LogP contribution is 2.33. The summed E-state index contributed by atoms with van der Waals surface area (Å²) in [6.07, 6.45) is 0. The van der Waals surface area contributed by atoms with Gasteiger partial charge in [0.25, 0.3) is 11.6 Å². The van der Waals surface area contributed by atoms with Gasteiger partial charge >= 0.3 is 0 Å². The molecule has 33 heavy (non-hydrogen) atoms. The molecule has 1 amide bonds. The molecule has 0 saturated carbocycles. The van der Waals surface area contributed by atoms with Gasteiger partial charge in [-0.3, -0.25) is 14.9 Å². The lowest BCUT2D eigenvalue weighted by atomic mass is 10.0. The number of fused-ring (bicyclic) bond motifs is 1. The average Bonchev–Trinajstić information content (AvgIpc) is 3.41. The predicted molar refractivity (Wildman–Crippen MR) is 121 cm³/mol. The highest BCUT2D eigenvalue weighted by Gasteiger charge is 2.26. The third-order valence-electron chi connectivity index (χ3n) is 5.28. The van der Waals surface area contributed by atoms with Crippen LogP contribution in [0, 0.1) is 16.0 Å². The first-order valence-electron chi connectivity index (χ1n) is 10.3. The Labute approximate surface area is 194 Å². The maximum Gasteiger partial charge on any atom is 0.273 e. The number of hydrogen-bond acceptors (Lipinski definition) is 8. The van der Waals surface area contributed by atoms with Gasteiger partial charge in [0.05, 0.1) is 11.0 Å². The fraction of sp³-hybridized carbons (Fsp3) is 0.318. The maximum atomic E-state index is 12.9. The fourth-order valence-corrected chi connectivity index (χ4v) is 4.38. The number of nitrogens with zero attached hydrogens (tertiary/aromatic N) is 4. The van der Waals surface area contributed by atoms with E-state index in [0.29, 0.717) is 39.4 Å². The van der Waals surface area contributed by atoms with Crippen LogP contribution in [0.4, 0.5) is 5.69 Å². The Morgan fingerprint density at radius 1 is 1.21 bits per heavy atom. The minimum atomic E-state index is -0.390. The number of para-hydroxylation sites is 1. The summed E-state index contributed by atoms with van der Waals surface area (Å²) < 4.78 is 12.5. The zero-order valence-electron chi connectivity index (χ0n) is 18.3. The number of ether oxygens (including phenoxy) is 2. The second-order valence-corrected chi connectivity index (χ2v) is 8.78. The van der Waals surface area contributed by atoms with E-state index in [-0.39, 0.29) is 30.3 Å². The summed E-state index contributed by atoms with van der Waals surface area (Å²) in [6.45, 7) is 4.11. The van der Waals surface area contributed by atoms with Crippen molar-refractivity contribution in [3.05, 3.63) is 69.5 Å². The second-order valence-electron chi connectivity index (χ2n) is 7.84. The van der Waals surface area contributed by atoms with Gasteiger partial charge < -0.3 is 19.4 Å². The number of nitrogens with one attached hydrogen (secondary N) is 1. The van der Waals surface area contributed by atoms with Gasteiger partial charge in [0.15, 0.2) is 22.5 Å². The first-order valence-corrected chi connectivity index (χ1v) is 11.3. The summed E-state index contributed by atoms with van der Waals surface area (Å²) >= 11 is 1.35. The normalized spacial score (nSPS) is 13.2. The van der Waals surface area contributed by atoms with E-state index in [4.69, 9.17) is 9.47 Å². The Morgan fingerprint density at radius 3 is 2.73 bits per heavy atom. The average molecular weight is 470 g/mol. The lowest BCUT2D eigenvalue weighted by Gasteiger charge is -2.21. The number of hydrogen-bond donors (Lipinski definition) is 1. The number of amides is 1. The van der Waals surface area contributed by atoms with Crippen LogP contribution in [0.2, 0.25) is 0 Å². The van der Waals surface area contributed by atoms with Gasteiger partial charge in [0, 0.05) is 30.0 Å². The number of nitro groups is 1. The molecule has 2 heterocycles. The lowest BCUT2D eigenvalue weighted by molar-refractivity contribution is -0.385. The Kier molecular flexibility index (Phi) is 6.50. The quantitative estimate of drug-likeness (QED) is 0.300. The summed E-state index contributed by atoms with van der Waals surface area (Å²) in [5.41, 5.74) is 1.13. The minimum absolute atomic E-state index is 0.0407. The highest BCUT2D eigenvalue weighted by molar-refractivity contribution is 7.98. The third kappa shape index (κ3) is 4.77. The van der Waals surface area contributed by atoms with E-state index in [2.05, 4.69) is 15.5 Å². The standard InChI is InChI=1S/C22H23N5O5S/c1-13(2)19(23-21(28)14-8-9-17-18(10-14)32-12-31-17)20-24-25-22(26(20)3)33-11-15-6-4-5-7-16(15)27(29)30/h4-10,13,19H,11-12H2,1-3H3,(H,23,28)/t19-/m0/s1. The molecule has 172 valence electrons. The molecular weight excluding hydrogens is 446 g/mol. The van der Waals surface area contributed by atoms with Gasteiger partial charge in [-0.25, -0.2) is 0 Å². The molecule has 2 aromatic carbocycles. The Balaban J connectivity index is 1.50. The zero-order chi connectivity index (χ0) is 23.5. The van der Waals surface area contributed by atoms with Gasteiger partial charge in [-0.2, -0.15) is 0 Å².